The van der Waals surface area contributed by atoms with Crippen LogP contribution in [0.1, 0.15) is 51.5 Å². The van der Waals surface area contributed by atoms with Crippen LogP contribution in [0.25, 0.3) is 0 Å². The van der Waals surface area contributed by atoms with E-state index in [-0.39, 0.29) is 25.1 Å². The molecule has 0 saturated heterocycles. The average Bonchev–Trinajstić information content (AvgIpc) is 2.82. The maximum atomic E-state index is 13.4. The summed E-state index contributed by atoms with van der Waals surface area (Å²) in [6.07, 6.45) is 1.98. The Morgan fingerprint density at radius 1 is 1.00 bits per heavy atom. The van der Waals surface area contributed by atoms with E-state index in [0.29, 0.717) is 29.2 Å². The molecule has 178 valence electrons. The molecule has 6 nitrogen and oxygen atoms in total. The molecule has 1 heterocycles. The van der Waals surface area contributed by atoms with E-state index in [1.165, 1.54) is 0 Å². The van der Waals surface area contributed by atoms with E-state index in [0.717, 1.165) is 24.1 Å². The minimum Gasteiger partial charge on any atom is -0.491 e. The Morgan fingerprint density at radius 3 is 2.50 bits per heavy atom. The number of hydrogen-bond acceptors (Lipinski definition) is 6. The number of hydrogen-bond donors (Lipinski definition) is 0. The second-order valence-corrected chi connectivity index (χ2v) is 8.88. The number of esters is 1. The predicted octanol–water partition coefficient (Wildman–Crippen LogP) is 5.28. The van der Waals surface area contributed by atoms with E-state index in [4.69, 9.17) is 19.2 Å². The van der Waals surface area contributed by atoms with Crippen molar-refractivity contribution in [3.05, 3.63) is 71.4 Å². The van der Waals surface area contributed by atoms with Gasteiger partial charge in [-0.3, -0.25) is 9.79 Å². The number of rotatable bonds is 8. The van der Waals surface area contributed by atoms with Crippen LogP contribution in [0.2, 0.25) is 0 Å². The zero-order valence-corrected chi connectivity index (χ0v) is 20.0. The molecule has 1 aliphatic carbocycles. The summed E-state index contributed by atoms with van der Waals surface area (Å²) in [5.41, 5.74) is 2.68. The van der Waals surface area contributed by atoms with Gasteiger partial charge in [0.2, 0.25) is 0 Å². The molecular weight excluding hydrogens is 430 g/mol. The largest absolute Gasteiger partial charge is 0.491 e. The topological polar surface area (TPSA) is 74.2 Å². The minimum absolute atomic E-state index is 0.0458. The highest BCUT2D eigenvalue weighted by Crippen LogP contribution is 2.45. The lowest BCUT2D eigenvalue weighted by Gasteiger charge is -2.36. The Morgan fingerprint density at radius 2 is 1.74 bits per heavy atom. The molecule has 2 aromatic rings. The van der Waals surface area contributed by atoms with E-state index < -0.39 is 17.8 Å². The number of carbonyl (C=O) groups excluding carboxylic acids is 2. The minimum atomic E-state index is -0.488. The van der Waals surface area contributed by atoms with Crippen molar-refractivity contribution >= 4 is 17.5 Å². The summed E-state index contributed by atoms with van der Waals surface area (Å²) < 4.78 is 17.3. The highest BCUT2D eigenvalue weighted by atomic mass is 16.6. The van der Waals surface area contributed by atoms with Crippen LogP contribution in [0.3, 0.4) is 0 Å². The van der Waals surface area contributed by atoms with Gasteiger partial charge in [-0.05, 0) is 51.8 Å². The van der Waals surface area contributed by atoms with Crippen LogP contribution in [0.4, 0.5) is 0 Å². The normalized spacial score (nSPS) is 20.0. The molecule has 2 aliphatic rings. The molecule has 2 aromatic carbocycles. The molecule has 0 spiro atoms. The molecule has 0 aromatic heterocycles. The summed E-state index contributed by atoms with van der Waals surface area (Å²) in [5, 5.41) is 0. The van der Waals surface area contributed by atoms with Gasteiger partial charge in [0.1, 0.15) is 30.5 Å². The fourth-order valence-electron chi connectivity index (χ4n) is 4.71. The Kier molecular flexibility index (Phi) is 7.46. The van der Waals surface area contributed by atoms with Crippen molar-refractivity contribution in [3.8, 4) is 11.5 Å². The van der Waals surface area contributed by atoms with Gasteiger partial charge in [-0.2, -0.15) is 0 Å². The number of carbonyl (C=O) groups is 2. The van der Waals surface area contributed by atoms with Gasteiger partial charge in [0.05, 0.1) is 17.6 Å². The molecule has 2 atom stereocenters. The molecule has 0 bridgehead atoms. The van der Waals surface area contributed by atoms with E-state index in [9.17, 15) is 9.59 Å². The summed E-state index contributed by atoms with van der Waals surface area (Å²) in [4.78, 5) is 31.2. The number of allylic oxidation sites excluding steroid dienone is 1. The fourth-order valence-corrected chi connectivity index (χ4v) is 4.71. The number of ether oxygens (including phenoxy) is 3. The molecule has 0 radical (unpaired) electrons. The van der Waals surface area contributed by atoms with Crippen molar-refractivity contribution in [2.45, 2.75) is 52.1 Å². The number of ketones is 1. The Hall–Kier alpha value is -3.41. The third-order valence-electron chi connectivity index (χ3n) is 6.07. The highest BCUT2D eigenvalue weighted by Gasteiger charge is 2.44. The second kappa shape index (κ2) is 10.7. The average molecular weight is 462 g/mol. The van der Waals surface area contributed by atoms with Crippen LogP contribution in [0.5, 0.6) is 11.5 Å². The van der Waals surface area contributed by atoms with Crippen LogP contribution >= 0.6 is 0 Å². The summed E-state index contributed by atoms with van der Waals surface area (Å²) in [6, 6.07) is 17.0. The van der Waals surface area contributed by atoms with E-state index >= 15 is 0 Å². The van der Waals surface area contributed by atoms with Gasteiger partial charge in [-0.15, -0.1) is 0 Å². The molecule has 34 heavy (non-hydrogen) atoms. The Labute approximate surface area is 200 Å². The lowest BCUT2D eigenvalue weighted by molar-refractivity contribution is -0.140. The van der Waals surface area contributed by atoms with Crippen molar-refractivity contribution in [2.24, 2.45) is 10.9 Å². The van der Waals surface area contributed by atoms with Crippen molar-refractivity contribution in [3.63, 3.8) is 0 Å². The van der Waals surface area contributed by atoms with Gasteiger partial charge in [-0.25, -0.2) is 4.79 Å². The zero-order chi connectivity index (χ0) is 24.1. The monoisotopic (exact) mass is 461 g/mol. The van der Waals surface area contributed by atoms with Crippen molar-refractivity contribution < 1.29 is 23.8 Å². The number of benzene rings is 2. The summed E-state index contributed by atoms with van der Waals surface area (Å²) >= 11 is 0. The number of para-hydroxylation sites is 2. The van der Waals surface area contributed by atoms with Crippen LogP contribution < -0.4 is 9.47 Å². The maximum Gasteiger partial charge on any atom is 0.336 e. The standard InChI is InChI=1S/C28H31NO5/c1-18(2)34-24-15-8-7-12-21(24)26-25(19(3)29-22-13-9-14-23(30)27(22)26)28(31)33-17-16-32-20-10-5-4-6-11-20/h4-8,10-12,15,18,26-27H,9,13-14,16-17H2,1-3H3. The molecule has 2 unspecified atom stereocenters. The quantitative estimate of drug-likeness (QED) is 0.395. The summed E-state index contributed by atoms with van der Waals surface area (Å²) in [6.45, 7) is 6.06. The Bertz CT molecular complexity index is 1100. The molecular formula is C28H31NO5. The predicted molar refractivity (Wildman–Crippen MR) is 130 cm³/mol. The maximum absolute atomic E-state index is 13.4. The third-order valence-corrected chi connectivity index (χ3v) is 6.07. The molecule has 1 saturated carbocycles. The highest BCUT2D eigenvalue weighted by molar-refractivity contribution is 6.11. The number of nitrogens with zero attached hydrogens (tertiary/aromatic N) is 1. The van der Waals surface area contributed by atoms with Gasteiger partial charge >= 0.3 is 5.97 Å². The zero-order valence-electron chi connectivity index (χ0n) is 20.0. The molecule has 4 rings (SSSR count). The van der Waals surface area contributed by atoms with Crippen LogP contribution in [0, 0.1) is 5.92 Å². The molecule has 0 N–H and O–H groups in total. The number of fused-ring (bicyclic) bond motifs is 1. The fraction of sp³-hybridized carbons (Fsp3) is 0.393. The van der Waals surface area contributed by atoms with Crippen LogP contribution in [-0.2, 0) is 14.3 Å². The first-order chi connectivity index (χ1) is 16.5. The molecule has 1 aliphatic heterocycles. The lowest BCUT2D eigenvalue weighted by atomic mass is 9.69. The van der Waals surface area contributed by atoms with E-state index in [2.05, 4.69) is 0 Å². The summed E-state index contributed by atoms with van der Waals surface area (Å²) in [7, 11) is 0. The van der Waals surface area contributed by atoms with Crippen molar-refractivity contribution in [1.82, 2.24) is 0 Å². The van der Waals surface area contributed by atoms with Gasteiger partial charge in [0, 0.05) is 29.3 Å². The first-order valence-electron chi connectivity index (χ1n) is 11.9. The van der Waals surface area contributed by atoms with Crippen LogP contribution in [-0.4, -0.2) is 36.8 Å². The van der Waals surface area contributed by atoms with Gasteiger partial charge in [0.25, 0.3) is 0 Å². The number of Topliss-reactive ketones (excluding diaryl/α,β-unsaturated/α-hetero) is 1. The first-order valence-corrected chi connectivity index (χ1v) is 11.9. The summed E-state index contributed by atoms with van der Waals surface area (Å²) in [5.74, 6) is 0.0634. The Balaban J connectivity index is 1.62. The smallest absolute Gasteiger partial charge is 0.336 e. The van der Waals surface area contributed by atoms with E-state index in [1.807, 2.05) is 75.4 Å². The SMILES string of the molecule is CC1=C(C(=O)OCCOc2ccccc2)C(c2ccccc2OC(C)C)C2C(=O)CCCC2=N1. The molecule has 6 heteroatoms. The van der Waals surface area contributed by atoms with Crippen molar-refractivity contribution in [1.29, 1.82) is 0 Å². The van der Waals surface area contributed by atoms with Gasteiger partial charge in [0.15, 0.2) is 0 Å². The lowest BCUT2D eigenvalue weighted by Crippen LogP contribution is -2.39. The van der Waals surface area contributed by atoms with Crippen molar-refractivity contribution in [2.75, 3.05) is 13.2 Å². The molecule has 1 fully saturated rings. The van der Waals surface area contributed by atoms with Gasteiger partial charge < -0.3 is 14.2 Å². The van der Waals surface area contributed by atoms with Gasteiger partial charge in [-0.1, -0.05) is 36.4 Å². The molecule has 0 amide bonds. The second-order valence-electron chi connectivity index (χ2n) is 8.88. The van der Waals surface area contributed by atoms with Crippen LogP contribution in [0.15, 0.2) is 70.9 Å². The third kappa shape index (κ3) is 5.22. The first kappa shape index (κ1) is 23.7. The number of aliphatic imine (C=N–C) groups is 1. The van der Waals surface area contributed by atoms with E-state index in [1.54, 1.807) is 0 Å².